The molecule has 8 heteroatoms. The van der Waals surface area contributed by atoms with Gasteiger partial charge in [0.1, 0.15) is 10.8 Å². The zero-order valence-corrected chi connectivity index (χ0v) is 20.1. The van der Waals surface area contributed by atoms with E-state index in [1.54, 1.807) is 12.1 Å². The molecule has 2 atom stereocenters. The minimum atomic E-state index is -1.04. The normalized spacial score (nSPS) is 20.9. The quantitative estimate of drug-likeness (QED) is 0.457. The number of carbonyl (C=O) groups is 2. The number of halogens is 1. The lowest BCUT2D eigenvalue weighted by molar-refractivity contribution is -0.133. The number of piperidine rings is 1. The van der Waals surface area contributed by atoms with Crippen molar-refractivity contribution in [2.45, 2.75) is 36.0 Å². The van der Waals surface area contributed by atoms with Gasteiger partial charge in [0.2, 0.25) is 11.8 Å². The molecule has 1 amide bonds. The Kier molecular flexibility index (Phi) is 6.88. The monoisotopic (exact) mass is 486 g/mol. The largest absolute Gasteiger partial charge is 0.477 e. The molecule has 1 saturated heterocycles. The number of ether oxygens (including phenoxy) is 1. The second-order valence-electron chi connectivity index (χ2n) is 8.04. The van der Waals surface area contributed by atoms with Gasteiger partial charge in [0, 0.05) is 17.4 Å². The SMILES string of the molecule is CC(C)COc1cccc(C2(c3ccsc3)CC(=O)C(Sc3ccccc3Cl)C(=O)N2)n1. The summed E-state index contributed by atoms with van der Waals surface area (Å²) < 4.78 is 5.80. The van der Waals surface area contributed by atoms with E-state index in [1.807, 2.05) is 47.2 Å². The third-order valence-corrected chi connectivity index (χ3v) is 7.57. The van der Waals surface area contributed by atoms with Gasteiger partial charge in [-0.1, -0.05) is 43.6 Å². The first-order valence-electron chi connectivity index (χ1n) is 10.3. The van der Waals surface area contributed by atoms with Crippen molar-refractivity contribution < 1.29 is 14.3 Å². The van der Waals surface area contributed by atoms with E-state index < -0.39 is 10.8 Å². The van der Waals surface area contributed by atoms with Gasteiger partial charge in [0.25, 0.3) is 0 Å². The molecule has 4 rings (SSSR count). The van der Waals surface area contributed by atoms with Gasteiger partial charge >= 0.3 is 0 Å². The van der Waals surface area contributed by atoms with Crippen LogP contribution >= 0.6 is 34.7 Å². The number of benzene rings is 1. The Labute approximate surface area is 200 Å². The van der Waals surface area contributed by atoms with Crippen LogP contribution in [0, 0.1) is 5.92 Å². The van der Waals surface area contributed by atoms with Crippen LogP contribution in [0.3, 0.4) is 0 Å². The summed E-state index contributed by atoms with van der Waals surface area (Å²) in [6.07, 6.45) is 0.0955. The van der Waals surface area contributed by atoms with E-state index in [-0.39, 0.29) is 18.1 Å². The van der Waals surface area contributed by atoms with E-state index >= 15 is 0 Å². The maximum atomic E-state index is 13.3. The predicted octanol–water partition coefficient (Wildman–Crippen LogP) is 5.32. The second kappa shape index (κ2) is 9.65. The molecule has 32 heavy (non-hydrogen) atoms. The summed E-state index contributed by atoms with van der Waals surface area (Å²) in [7, 11) is 0. The Morgan fingerprint density at radius 3 is 2.72 bits per heavy atom. The molecule has 1 fully saturated rings. The average molecular weight is 487 g/mol. The van der Waals surface area contributed by atoms with Crippen molar-refractivity contribution in [2.24, 2.45) is 5.92 Å². The summed E-state index contributed by atoms with van der Waals surface area (Å²) in [6.45, 7) is 4.66. The van der Waals surface area contributed by atoms with Gasteiger partial charge in [0.15, 0.2) is 5.78 Å². The number of nitrogens with one attached hydrogen (secondary N) is 1. The van der Waals surface area contributed by atoms with Gasteiger partial charge < -0.3 is 10.1 Å². The number of hydrogen-bond donors (Lipinski definition) is 1. The molecule has 3 aromatic rings. The molecule has 2 unspecified atom stereocenters. The Balaban J connectivity index is 1.67. The van der Waals surface area contributed by atoms with Gasteiger partial charge in [-0.2, -0.15) is 11.3 Å². The molecule has 1 aliphatic heterocycles. The number of ketones is 1. The fourth-order valence-corrected chi connectivity index (χ4v) is 5.55. The number of aromatic nitrogens is 1. The first kappa shape index (κ1) is 22.8. The molecule has 0 saturated carbocycles. The van der Waals surface area contributed by atoms with E-state index in [2.05, 4.69) is 24.1 Å². The fourth-order valence-electron chi connectivity index (χ4n) is 3.58. The van der Waals surface area contributed by atoms with Gasteiger partial charge in [0.05, 0.1) is 17.3 Å². The highest BCUT2D eigenvalue weighted by atomic mass is 35.5. The number of hydrogen-bond acceptors (Lipinski definition) is 6. The highest BCUT2D eigenvalue weighted by Gasteiger charge is 2.48. The van der Waals surface area contributed by atoms with Crippen LogP contribution in [-0.2, 0) is 15.1 Å². The number of rotatable bonds is 7. The molecule has 2 aromatic heterocycles. The van der Waals surface area contributed by atoms with Crippen molar-refractivity contribution in [1.29, 1.82) is 0 Å². The van der Waals surface area contributed by atoms with Crippen molar-refractivity contribution >= 4 is 46.4 Å². The maximum absolute atomic E-state index is 13.3. The zero-order chi connectivity index (χ0) is 22.7. The van der Waals surface area contributed by atoms with Gasteiger partial charge in [-0.05, 0) is 46.5 Å². The smallest absolute Gasteiger partial charge is 0.242 e. The molecule has 5 nitrogen and oxygen atoms in total. The van der Waals surface area contributed by atoms with Crippen LogP contribution in [0.4, 0.5) is 0 Å². The number of thioether (sulfide) groups is 1. The number of Topliss-reactive ketones (excluding diaryl/α,β-unsaturated/α-hetero) is 1. The van der Waals surface area contributed by atoms with Crippen LogP contribution in [0.25, 0.3) is 0 Å². The zero-order valence-electron chi connectivity index (χ0n) is 17.7. The van der Waals surface area contributed by atoms with E-state index in [4.69, 9.17) is 16.3 Å². The highest BCUT2D eigenvalue weighted by molar-refractivity contribution is 8.01. The Morgan fingerprint density at radius 1 is 1.22 bits per heavy atom. The van der Waals surface area contributed by atoms with Crippen molar-refractivity contribution in [1.82, 2.24) is 10.3 Å². The average Bonchev–Trinajstić information content (AvgIpc) is 3.31. The topological polar surface area (TPSA) is 68.3 Å². The summed E-state index contributed by atoms with van der Waals surface area (Å²) in [5.74, 6) is 0.303. The van der Waals surface area contributed by atoms with Crippen LogP contribution in [0.2, 0.25) is 5.02 Å². The summed E-state index contributed by atoms with van der Waals surface area (Å²) in [5.41, 5.74) is 0.377. The van der Waals surface area contributed by atoms with E-state index in [0.717, 1.165) is 5.56 Å². The second-order valence-corrected chi connectivity index (χ2v) is 10.4. The Bertz CT molecular complexity index is 1100. The van der Waals surface area contributed by atoms with Crippen LogP contribution in [0.15, 0.2) is 64.2 Å². The van der Waals surface area contributed by atoms with Gasteiger partial charge in [-0.3, -0.25) is 9.59 Å². The highest BCUT2D eigenvalue weighted by Crippen LogP contribution is 2.41. The van der Waals surface area contributed by atoms with E-state index in [9.17, 15) is 9.59 Å². The van der Waals surface area contributed by atoms with Crippen LogP contribution in [0.5, 0.6) is 5.88 Å². The number of carbonyl (C=O) groups excluding carboxylic acids is 2. The van der Waals surface area contributed by atoms with Gasteiger partial charge in [-0.15, -0.1) is 11.8 Å². The Hall–Kier alpha value is -2.35. The molecule has 1 aliphatic rings. The molecule has 166 valence electrons. The van der Waals surface area contributed by atoms with Crippen molar-refractivity contribution in [3.63, 3.8) is 0 Å². The third kappa shape index (κ3) is 4.70. The molecule has 1 aromatic carbocycles. The summed E-state index contributed by atoms with van der Waals surface area (Å²) in [5, 5.41) is 6.64. The standard InChI is InChI=1S/C24H23ClN2O3S2/c1-15(2)13-30-21-9-5-8-20(26-21)24(16-10-11-31-14-16)12-18(28)22(23(29)27-24)32-19-7-4-3-6-17(19)25/h3-11,14-15,22H,12-13H2,1-2H3,(H,27,29). The van der Waals surface area contributed by atoms with E-state index in [1.165, 1.54) is 23.1 Å². The summed E-state index contributed by atoms with van der Waals surface area (Å²) >= 11 is 8.94. The molecule has 3 heterocycles. The van der Waals surface area contributed by atoms with Crippen molar-refractivity contribution in [3.05, 3.63) is 75.6 Å². The molecule has 0 aliphatic carbocycles. The fraction of sp³-hybridized carbons (Fsp3) is 0.292. The lowest BCUT2D eigenvalue weighted by Crippen LogP contribution is -2.58. The van der Waals surface area contributed by atoms with E-state index in [0.29, 0.717) is 34.0 Å². The Morgan fingerprint density at radius 2 is 2.03 bits per heavy atom. The summed E-state index contributed by atoms with van der Waals surface area (Å²) in [6, 6.07) is 14.6. The summed E-state index contributed by atoms with van der Waals surface area (Å²) in [4.78, 5) is 32.0. The van der Waals surface area contributed by atoms with Crippen LogP contribution in [-0.4, -0.2) is 28.5 Å². The minimum absolute atomic E-state index is 0.0955. The molecule has 1 N–H and O–H groups in total. The van der Waals surface area contributed by atoms with Crippen molar-refractivity contribution in [3.8, 4) is 5.88 Å². The molecule has 0 spiro atoms. The lowest BCUT2D eigenvalue weighted by Gasteiger charge is -2.39. The van der Waals surface area contributed by atoms with Crippen LogP contribution < -0.4 is 10.1 Å². The molecular formula is C24H23ClN2O3S2. The maximum Gasteiger partial charge on any atom is 0.242 e. The van der Waals surface area contributed by atoms with Gasteiger partial charge in [-0.25, -0.2) is 4.98 Å². The first-order valence-corrected chi connectivity index (χ1v) is 12.5. The van der Waals surface area contributed by atoms with Crippen LogP contribution in [0.1, 0.15) is 31.5 Å². The molecule has 0 bridgehead atoms. The lowest BCUT2D eigenvalue weighted by atomic mass is 9.79. The number of pyridine rings is 1. The predicted molar refractivity (Wildman–Crippen MR) is 129 cm³/mol. The minimum Gasteiger partial charge on any atom is -0.477 e. The molecule has 0 radical (unpaired) electrons. The molecular weight excluding hydrogens is 464 g/mol. The first-order chi connectivity index (χ1) is 15.4. The van der Waals surface area contributed by atoms with Crippen molar-refractivity contribution in [2.75, 3.05) is 6.61 Å². The number of nitrogens with zero attached hydrogens (tertiary/aromatic N) is 1. The number of amides is 1. The number of thiophene rings is 1. The third-order valence-electron chi connectivity index (χ3n) is 5.13.